The smallest absolute Gasteiger partial charge is 0.155 e. The van der Waals surface area contributed by atoms with Gasteiger partial charge in [0.25, 0.3) is 0 Å². The lowest BCUT2D eigenvalue weighted by molar-refractivity contribution is -0.114. The van der Waals surface area contributed by atoms with Crippen molar-refractivity contribution >= 4 is 5.78 Å². The first-order valence-electron chi connectivity index (χ1n) is 4.16. The predicted molar refractivity (Wildman–Crippen MR) is 47.3 cm³/mol. The van der Waals surface area contributed by atoms with Crippen LogP contribution in [0, 0.1) is 0 Å². The second-order valence-electron chi connectivity index (χ2n) is 2.62. The topological polar surface area (TPSA) is 43.1 Å². The predicted octanol–water partition coefficient (Wildman–Crippen LogP) is 1.65. The SMILES string of the molecule is C=CC(=O)CCCCCCN. The summed E-state index contributed by atoms with van der Waals surface area (Å²) in [4.78, 5) is 10.7. The highest BCUT2D eigenvalue weighted by Gasteiger charge is 1.94. The molecule has 0 aliphatic rings. The van der Waals surface area contributed by atoms with E-state index in [9.17, 15) is 4.79 Å². The molecule has 0 aliphatic heterocycles. The van der Waals surface area contributed by atoms with Gasteiger partial charge in [-0.25, -0.2) is 0 Å². The van der Waals surface area contributed by atoms with Gasteiger partial charge in [0.2, 0.25) is 0 Å². The molecule has 0 aliphatic carbocycles. The van der Waals surface area contributed by atoms with Crippen LogP contribution in [0.4, 0.5) is 0 Å². The lowest BCUT2D eigenvalue weighted by atomic mass is 10.1. The van der Waals surface area contributed by atoms with E-state index < -0.39 is 0 Å². The molecule has 0 bridgehead atoms. The van der Waals surface area contributed by atoms with E-state index in [1.807, 2.05) is 0 Å². The molecule has 0 spiro atoms. The van der Waals surface area contributed by atoms with Crippen LogP contribution in [0.15, 0.2) is 12.7 Å². The summed E-state index contributed by atoms with van der Waals surface area (Å²) in [6.45, 7) is 4.17. The van der Waals surface area contributed by atoms with Crippen LogP contribution in [0.2, 0.25) is 0 Å². The molecule has 64 valence electrons. The molecule has 0 fully saturated rings. The van der Waals surface area contributed by atoms with Crippen molar-refractivity contribution in [2.45, 2.75) is 32.1 Å². The fraction of sp³-hybridized carbons (Fsp3) is 0.667. The van der Waals surface area contributed by atoms with Crippen molar-refractivity contribution in [1.82, 2.24) is 0 Å². The highest BCUT2D eigenvalue weighted by Crippen LogP contribution is 2.02. The number of nitrogens with two attached hydrogens (primary N) is 1. The van der Waals surface area contributed by atoms with Crippen LogP contribution >= 0.6 is 0 Å². The molecular formula is C9H17NO. The summed E-state index contributed by atoms with van der Waals surface area (Å²) < 4.78 is 0. The zero-order valence-corrected chi connectivity index (χ0v) is 7.01. The van der Waals surface area contributed by atoms with E-state index in [2.05, 4.69) is 6.58 Å². The zero-order valence-electron chi connectivity index (χ0n) is 7.01. The minimum atomic E-state index is 0.151. The van der Waals surface area contributed by atoms with Crippen molar-refractivity contribution in [1.29, 1.82) is 0 Å². The Balaban J connectivity index is 3.01. The Morgan fingerprint density at radius 2 is 1.91 bits per heavy atom. The van der Waals surface area contributed by atoms with Crippen LogP contribution in [-0.2, 0) is 4.79 Å². The van der Waals surface area contributed by atoms with E-state index in [0.717, 1.165) is 32.2 Å². The van der Waals surface area contributed by atoms with Gasteiger partial charge in [-0.15, -0.1) is 0 Å². The quantitative estimate of drug-likeness (QED) is 0.448. The number of hydrogen-bond acceptors (Lipinski definition) is 2. The van der Waals surface area contributed by atoms with Crippen molar-refractivity contribution in [2.75, 3.05) is 6.54 Å². The van der Waals surface area contributed by atoms with Crippen LogP contribution in [0.1, 0.15) is 32.1 Å². The Labute approximate surface area is 68.5 Å². The maximum atomic E-state index is 10.7. The standard InChI is InChI=1S/C9H17NO/c1-2-9(11)7-5-3-4-6-8-10/h2H,1,3-8,10H2. The minimum absolute atomic E-state index is 0.151. The molecule has 2 nitrogen and oxygen atoms in total. The highest BCUT2D eigenvalue weighted by molar-refractivity contribution is 5.88. The Morgan fingerprint density at radius 1 is 1.27 bits per heavy atom. The van der Waals surface area contributed by atoms with E-state index in [0.29, 0.717) is 6.42 Å². The Kier molecular flexibility index (Phi) is 7.05. The van der Waals surface area contributed by atoms with Crippen LogP contribution in [-0.4, -0.2) is 12.3 Å². The molecule has 0 rings (SSSR count). The lowest BCUT2D eigenvalue weighted by Crippen LogP contribution is -1.98. The maximum Gasteiger partial charge on any atom is 0.155 e. The summed E-state index contributed by atoms with van der Waals surface area (Å²) in [6.07, 6.45) is 6.34. The number of rotatable bonds is 7. The molecule has 2 heteroatoms. The minimum Gasteiger partial charge on any atom is -0.330 e. The van der Waals surface area contributed by atoms with Gasteiger partial charge in [-0.2, -0.15) is 0 Å². The summed E-state index contributed by atoms with van der Waals surface area (Å²) in [5.41, 5.74) is 5.31. The van der Waals surface area contributed by atoms with Gasteiger partial charge >= 0.3 is 0 Å². The third-order valence-corrected chi connectivity index (χ3v) is 1.60. The van der Waals surface area contributed by atoms with Crippen LogP contribution < -0.4 is 5.73 Å². The molecule has 0 unspecified atom stereocenters. The van der Waals surface area contributed by atoms with Crippen molar-refractivity contribution in [2.24, 2.45) is 5.73 Å². The first-order valence-corrected chi connectivity index (χ1v) is 4.16. The second kappa shape index (κ2) is 7.48. The van der Waals surface area contributed by atoms with Crippen LogP contribution in [0.5, 0.6) is 0 Å². The molecule has 0 aromatic heterocycles. The Bertz CT molecular complexity index is 121. The molecule has 0 heterocycles. The van der Waals surface area contributed by atoms with E-state index in [1.54, 1.807) is 0 Å². The van der Waals surface area contributed by atoms with Gasteiger partial charge in [-0.05, 0) is 25.5 Å². The second-order valence-corrected chi connectivity index (χ2v) is 2.62. The molecule has 0 radical (unpaired) electrons. The molecule has 0 saturated carbocycles. The van der Waals surface area contributed by atoms with E-state index in [4.69, 9.17) is 5.73 Å². The molecule has 2 N–H and O–H groups in total. The summed E-state index contributed by atoms with van der Waals surface area (Å²) >= 11 is 0. The zero-order chi connectivity index (χ0) is 8.53. The molecule has 0 saturated heterocycles. The molecular weight excluding hydrogens is 138 g/mol. The van der Waals surface area contributed by atoms with Crippen molar-refractivity contribution < 1.29 is 4.79 Å². The summed E-state index contributed by atoms with van der Waals surface area (Å²) in [5.74, 6) is 0.151. The summed E-state index contributed by atoms with van der Waals surface area (Å²) in [6, 6.07) is 0. The molecule has 0 aromatic carbocycles. The lowest BCUT2D eigenvalue weighted by Gasteiger charge is -1.96. The fourth-order valence-corrected chi connectivity index (χ4v) is 0.899. The van der Waals surface area contributed by atoms with Gasteiger partial charge in [0.15, 0.2) is 5.78 Å². The summed E-state index contributed by atoms with van der Waals surface area (Å²) in [7, 11) is 0. The number of allylic oxidation sites excluding steroid dienone is 1. The normalized spacial score (nSPS) is 9.55. The highest BCUT2D eigenvalue weighted by atomic mass is 16.1. The van der Waals surface area contributed by atoms with Gasteiger partial charge in [0.1, 0.15) is 0 Å². The van der Waals surface area contributed by atoms with Crippen LogP contribution in [0.25, 0.3) is 0 Å². The monoisotopic (exact) mass is 155 g/mol. The number of carbonyl (C=O) groups excluding carboxylic acids is 1. The van der Waals surface area contributed by atoms with Crippen molar-refractivity contribution in [3.63, 3.8) is 0 Å². The van der Waals surface area contributed by atoms with Crippen molar-refractivity contribution in [3.8, 4) is 0 Å². The van der Waals surface area contributed by atoms with Crippen molar-refractivity contribution in [3.05, 3.63) is 12.7 Å². The average Bonchev–Trinajstić information content (AvgIpc) is 2.04. The van der Waals surface area contributed by atoms with E-state index in [-0.39, 0.29) is 5.78 Å². The first-order chi connectivity index (χ1) is 5.31. The maximum absolute atomic E-state index is 10.7. The van der Waals surface area contributed by atoms with Gasteiger partial charge in [0, 0.05) is 6.42 Å². The Morgan fingerprint density at radius 3 is 2.45 bits per heavy atom. The number of ketones is 1. The molecule has 0 amide bonds. The third-order valence-electron chi connectivity index (χ3n) is 1.60. The third kappa shape index (κ3) is 7.26. The summed E-state index contributed by atoms with van der Waals surface area (Å²) in [5, 5.41) is 0. The fourth-order valence-electron chi connectivity index (χ4n) is 0.899. The van der Waals surface area contributed by atoms with Crippen LogP contribution in [0.3, 0.4) is 0 Å². The van der Waals surface area contributed by atoms with Gasteiger partial charge in [-0.3, -0.25) is 4.79 Å². The number of unbranched alkanes of at least 4 members (excludes halogenated alkanes) is 3. The number of hydrogen-bond donors (Lipinski definition) is 1. The van der Waals surface area contributed by atoms with Gasteiger partial charge in [0.05, 0.1) is 0 Å². The van der Waals surface area contributed by atoms with E-state index >= 15 is 0 Å². The molecule has 0 aromatic rings. The molecule has 11 heavy (non-hydrogen) atoms. The Hall–Kier alpha value is -0.630. The largest absolute Gasteiger partial charge is 0.330 e. The number of carbonyl (C=O) groups is 1. The molecule has 0 atom stereocenters. The van der Waals surface area contributed by atoms with Gasteiger partial charge in [-0.1, -0.05) is 19.4 Å². The average molecular weight is 155 g/mol. The first kappa shape index (κ1) is 10.4. The van der Waals surface area contributed by atoms with Gasteiger partial charge < -0.3 is 5.73 Å². The van der Waals surface area contributed by atoms with E-state index in [1.165, 1.54) is 6.08 Å².